The van der Waals surface area contributed by atoms with Crippen LogP contribution in [0.25, 0.3) is 0 Å². The Morgan fingerprint density at radius 3 is 1.38 bits per heavy atom. The zero-order valence-corrected chi connectivity index (χ0v) is 19.6. The molecule has 0 aliphatic carbocycles. The summed E-state index contributed by atoms with van der Waals surface area (Å²) in [4.78, 5) is 33.3. The SMILES string of the molecule is CCCCCCCCC(=O)OCCOCCOCCOCCOC(=O)CCCCC(=O)O. The Hall–Kier alpha value is -1.71. The molecule has 0 saturated heterocycles. The highest BCUT2D eigenvalue weighted by molar-refractivity contribution is 5.70. The lowest BCUT2D eigenvalue weighted by Crippen LogP contribution is -2.15. The van der Waals surface area contributed by atoms with Crippen molar-refractivity contribution in [3.63, 3.8) is 0 Å². The van der Waals surface area contributed by atoms with Crippen LogP contribution in [0.4, 0.5) is 0 Å². The Morgan fingerprint density at radius 2 is 0.906 bits per heavy atom. The molecule has 0 fully saturated rings. The number of carbonyl (C=O) groups excluding carboxylic acids is 2. The molecule has 0 aromatic heterocycles. The summed E-state index contributed by atoms with van der Waals surface area (Å²) < 4.78 is 26.1. The van der Waals surface area contributed by atoms with Gasteiger partial charge in [0.2, 0.25) is 0 Å². The number of carboxylic acids is 1. The number of hydrogen-bond donors (Lipinski definition) is 1. The van der Waals surface area contributed by atoms with Crippen molar-refractivity contribution in [3.05, 3.63) is 0 Å². The largest absolute Gasteiger partial charge is 0.481 e. The molecule has 0 aliphatic heterocycles. The quantitative estimate of drug-likeness (QED) is 0.170. The normalized spacial score (nSPS) is 10.8. The number of rotatable bonds is 24. The minimum atomic E-state index is -0.861. The summed E-state index contributed by atoms with van der Waals surface area (Å²) in [5.41, 5.74) is 0. The number of carbonyl (C=O) groups is 3. The van der Waals surface area contributed by atoms with Crippen LogP contribution in [0.5, 0.6) is 0 Å². The smallest absolute Gasteiger partial charge is 0.305 e. The van der Waals surface area contributed by atoms with Gasteiger partial charge < -0.3 is 28.8 Å². The molecule has 0 bridgehead atoms. The Morgan fingerprint density at radius 1 is 0.531 bits per heavy atom. The molecule has 0 radical (unpaired) electrons. The summed E-state index contributed by atoms with van der Waals surface area (Å²) >= 11 is 0. The Kier molecular flexibility index (Phi) is 22.7. The van der Waals surface area contributed by atoms with E-state index in [-0.39, 0.29) is 44.6 Å². The molecule has 0 atom stereocenters. The fraction of sp³-hybridized carbons (Fsp3) is 0.870. The standard InChI is InChI=1S/C23H42O9/c1-2-3-4-5-6-7-11-22(26)31-19-17-29-15-13-28-14-16-30-18-20-32-23(27)12-9-8-10-21(24)25/h2-20H2,1H3,(H,24,25). The van der Waals surface area contributed by atoms with E-state index in [0.29, 0.717) is 52.3 Å². The van der Waals surface area contributed by atoms with Crippen molar-refractivity contribution in [2.75, 3.05) is 52.9 Å². The zero-order valence-electron chi connectivity index (χ0n) is 19.6. The maximum atomic E-state index is 11.6. The molecular weight excluding hydrogens is 420 g/mol. The van der Waals surface area contributed by atoms with Gasteiger partial charge in [0.05, 0.1) is 39.6 Å². The predicted octanol–water partition coefficient (Wildman–Crippen LogP) is 3.52. The van der Waals surface area contributed by atoms with E-state index in [1.807, 2.05) is 0 Å². The van der Waals surface area contributed by atoms with Gasteiger partial charge in [-0.3, -0.25) is 14.4 Å². The lowest BCUT2D eigenvalue weighted by atomic mass is 10.1. The first-order chi connectivity index (χ1) is 15.6. The molecule has 1 N–H and O–H groups in total. The number of ether oxygens (including phenoxy) is 5. The maximum Gasteiger partial charge on any atom is 0.305 e. The molecule has 0 heterocycles. The molecule has 9 heteroatoms. The Labute approximate surface area is 192 Å². The predicted molar refractivity (Wildman–Crippen MR) is 118 cm³/mol. The maximum absolute atomic E-state index is 11.6. The molecule has 0 aliphatic rings. The van der Waals surface area contributed by atoms with Gasteiger partial charge in [0.1, 0.15) is 13.2 Å². The summed E-state index contributed by atoms with van der Waals surface area (Å²) in [5, 5.41) is 8.50. The van der Waals surface area contributed by atoms with Crippen molar-refractivity contribution < 1.29 is 43.2 Å². The molecule has 0 aromatic rings. The molecule has 0 unspecified atom stereocenters. The third kappa shape index (κ3) is 24.6. The van der Waals surface area contributed by atoms with Gasteiger partial charge in [0.15, 0.2) is 0 Å². The van der Waals surface area contributed by atoms with E-state index in [2.05, 4.69) is 6.92 Å². The minimum absolute atomic E-state index is 0.0637. The summed E-state index contributed by atoms with van der Waals surface area (Å²) in [6, 6.07) is 0. The van der Waals surface area contributed by atoms with Crippen LogP contribution in [0.1, 0.15) is 77.6 Å². The van der Waals surface area contributed by atoms with Crippen LogP contribution in [0, 0.1) is 0 Å². The fourth-order valence-electron chi connectivity index (χ4n) is 2.71. The van der Waals surface area contributed by atoms with Crippen molar-refractivity contribution in [3.8, 4) is 0 Å². The zero-order chi connectivity index (χ0) is 23.7. The van der Waals surface area contributed by atoms with Gasteiger partial charge in [-0.25, -0.2) is 0 Å². The van der Waals surface area contributed by atoms with E-state index in [1.54, 1.807) is 0 Å². The van der Waals surface area contributed by atoms with Crippen molar-refractivity contribution in [1.82, 2.24) is 0 Å². The van der Waals surface area contributed by atoms with Gasteiger partial charge in [-0.05, 0) is 19.3 Å². The summed E-state index contributed by atoms with van der Waals surface area (Å²) in [7, 11) is 0. The lowest BCUT2D eigenvalue weighted by Gasteiger charge is -2.08. The van der Waals surface area contributed by atoms with E-state index in [9.17, 15) is 14.4 Å². The van der Waals surface area contributed by atoms with Gasteiger partial charge in [-0.15, -0.1) is 0 Å². The first kappa shape index (κ1) is 30.3. The van der Waals surface area contributed by atoms with E-state index in [1.165, 1.54) is 25.7 Å². The molecule has 0 spiro atoms. The average Bonchev–Trinajstić information content (AvgIpc) is 2.76. The van der Waals surface area contributed by atoms with Crippen LogP contribution in [-0.4, -0.2) is 75.9 Å². The second-order valence-electron chi connectivity index (χ2n) is 7.40. The van der Waals surface area contributed by atoms with Gasteiger partial charge in [0, 0.05) is 19.3 Å². The second kappa shape index (κ2) is 23.9. The highest BCUT2D eigenvalue weighted by atomic mass is 16.6. The monoisotopic (exact) mass is 462 g/mol. The Bertz CT molecular complexity index is 468. The van der Waals surface area contributed by atoms with Crippen LogP contribution < -0.4 is 0 Å². The van der Waals surface area contributed by atoms with Crippen molar-refractivity contribution in [1.29, 1.82) is 0 Å². The Balaban J connectivity index is 3.22. The molecule has 9 nitrogen and oxygen atoms in total. The summed E-state index contributed by atoms with van der Waals surface area (Å²) in [5.74, 6) is -1.37. The third-order valence-electron chi connectivity index (χ3n) is 4.48. The minimum Gasteiger partial charge on any atom is -0.481 e. The summed E-state index contributed by atoms with van der Waals surface area (Å²) in [6.45, 7) is 4.85. The second-order valence-corrected chi connectivity index (χ2v) is 7.40. The van der Waals surface area contributed by atoms with E-state index in [4.69, 9.17) is 28.8 Å². The van der Waals surface area contributed by atoms with Crippen LogP contribution in [0.15, 0.2) is 0 Å². The van der Waals surface area contributed by atoms with Crippen molar-refractivity contribution in [2.24, 2.45) is 0 Å². The number of hydrogen-bond acceptors (Lipinski definition) is 8. The highest BCUT2D eigenvalue weighted by Crippen LogP contribution is 2.07. The molecule has 0 aromatic carbocycles. The van der Waals surface area contributed by atoms with Gasteiger partial charge in [-0.1, -0.05) is 39.0 Å². The summed E-state index contributed by atoms with van der Waals surface area (Å²) in [6.07, 6.45) is 8.59. The highest BCUT2D eigenvalue weighted by Gasteiger charge is 2.04. The first-order valence-corrected chi connectivity index (χ1v) is 11.8. The molecule has 0 saturated carbocycles. The molecule has 188 valence electrons. The number of aliphatic carboxylic acids is 1. The molecule has 0 amide bonds. The third-order valence-corrected chi connectivity index (χ3v) is 4.48. The van der Waals surface area contributed by atoms with Crippen molar-refractivity contribution in [2.45, 2.75) is 77.6 Å². The van der Waals surface area contributed by atoms with Crippen molar-refractivity contribution >= 4 is 17.9 Å². The van der Waals surface area contributed by atoms with E-state index < -0.39 is 5.97 Å². The number of esters is 2. The van der Waals surface area contributed by atoms with E-state index in [0.717, 1.165) is 12.8 Å². The van der Waals surface area contributed by atoms with Gasteiger partial charge in [0.25, 0.3) is 0 Å². The number of unbranched alkanes of at least 4 members (excludes halogenated alkanes) is 6. The molecule has 32 heavy (non-hydrogen) atoms. The van der Waals surface area contributed by atoms with E-state index >= 15 is 0 Å². The molecule has 0 rings (SSSR count). The fourth-order valence-corrected chi connectivity index (χ4v) is 2.71. The van der Waals surface area contributed by atoms with Crippen LogP contribution in [0.2, 0.25) is 0 Å². The van der Waals surface area contributed by atoms with Crippen LogP contribution >= 0.6 is 0 Å². The van der Waals surface area contributed by atoms with Crippen LogP contribution in [0.3, 0.4) is 0 Å². The number of carboxylic acid groups (broad SMARTS) is 1. The molecular formula is C23H42O9. The van der Waals surface area contributed by atoms with Gasteiger partial charge in [-0.2, -0.15) is 0 Å². The topological polar surface area (TPSA) is 118 Å². The van der Waals surface area contributed by atoms with Crippen LogP contribution in [-0.2, 0) is 38.1 Å². The lowest BCUT2D eigenvalue weighted by molar-refractivity contribution is -0.146. The average molecular weight is 463 g/mol. The van der Waals surface area contributed by atoms with Gasteiger partial charge >= 0.3 is 17.9 Å². The first-order valence-electron chi connectivity index (χ1n) is 11.8.